The van der Waals surface area contributed by atoms with E-state index in [1.54, 1.807) is 0 Å². The van der Waals surface area contributed by atoms with Crippen LogP contribution in [-0.2, 0) is 19.2 Å². The summed E-state index contributed by atoms with van der Waals surface area (Å²) in [6, 6.07) is 0. The summed E-state index contributed by atoms with van der Waals surface area (Å²) in [5.41, 5.74) is -0.313. The van der Waals surface area contributed by atoms with E-state index in [4.69, 9.17) is 0 Å². The average molecular weight is 378 g/mol. The zero-order valence-corrected chi connectivity index (χ0v) is 16.3. The normalized spacial score (nSPS) is 22.9. The van der Waals surface area contributed by atoms with E-state index in [-0.39, 0.29) is 24.0 Å². The number of hydrogen-bond donors (Lipinski definition) is 3. The fourth-order valence-corrected chi connectivity index (χ4v) is 2.95. The molecule has 1 saturated heterocycles. The first-order chi connectivity index (χ1) is 10.4. The highest BCUT2D eigenvalue weighted by atomic mass is 32.1. The van der Waals surface area contributed by atoms with Crippen molar-refractivity contribution in [3.63, 3.8) is 0 Å². The van der Waals surface area contributed by atoms with E-state index in [0.29, 0.717) is 4.90 Å². The molecule has 0 aromatic rings. The molecule has 0 aromatic carbocycles. The van der Waals surface area contributed by atoms with E-state index in [1.807, 2.05) is 20.8 Å². The van der Waals surface area contributed by atoms with Crippen LogP contribution < -0.4 is 0 Å². The van der Waals surface area contributed by atoms with E-state index >= 15 is 0 Å². The molecule has 0 radical (unpaired) electrons. The fourth-order valence-electron chi connectivity index (χ4n) is 2.32. The standard InChI is InChI=1S/C15H23NO4S3/c1-7(21)13(19)16-11(18)5-8(14(16)20)10(22)6-9(17)12(23)15(2,3)4/h7-8,10,12,21-23H,5-6H2,1-4H3. The molecule has 1 aliphatic rings. The Morgan fingerprint density at radius 2 is 1.74 bits per heavy atom. The molecular formula is C15H23NO4S3. The Morgan fingerprint density at radius 1 is 1.22 bits per heavy atom. The molecule has 4 unspecified atom stereocenters. The molecule has 1 fully saturated rings. The van der Waals surface area contributed by atoms with E-state index in [0.717, 1.165) is 0 Å². The van der Waals surface area contributed by atoms with Gasteiger partial charge in [-0.25, -0.2) is 4.90 Å². The number of hydrogen-bond acceptors (Lipinski definition) is 7. The van der Waals surface area contributed by atoms with Gasteiger partial charge in [0.25, 0.3) is 0 Å². The average Bonchev–Trinajstić information content (AvgIpc) is 2.71. The van der Waals surface area contributed by atoms with Crippen LogP contribution in [0, 0.1) is 11.3 Å². The molecule has 1 rings (SSSR count). The number of rotatable bonds is 5. The predicted octanol–water partition coefficient (Wildman–Crippen LogP) is 1.81. The van der Waals surface area contributed by atoms with E-state index in [1.165, 1.54) is 6.92 Å². The number of thiol groups is 3. The van der Waals surface area contributed by atoms with Crippen LogP contribution in [0.5, 0.6) is 0 Å². The van der Waals surface area contributed by atoms with Crippen LogP contribution in [0.4, 0.5) is 0 Å². The van der Waals surface area contributed by atoms with Crippen LogP contribution >= 0.6 is 37.9 Å². The molecular weight excluding hydrogens is 354 g/mol. The molecule has 1 heterocycles. The van der Waals surface area contributed by atoms with Crippen LogP contribution in [0.15, 0.2) is 0 Å². The van der Waals surface area contributed by atoms with E-state index in [2.05, 4.69) is 37.9 Å². The van der Waals surface area contributed by atoms with E-state index < -0.39 is 39.4 Å². The van der Waals surface area contributed by atoms with Crippen LogP contribution in [0.2, 0.25) is 0 Å². The van der Waals surface area contributed by atoms with Gasteiger partial charge >= 0.3 is 0 Å². The van der Waals surface area contributed by atoms with Crippen LogP contribution in [0.1, 0.15) is 40.5 Å². The van der Waals surface area contributed by atoms with Gasteiger partial charge in [-0.15, -0.1) is 0 Å². The first-order valence-electron chi connectivity index (χ1n) is 7.35. The summed E-state index contributed by atoms with van der Waals surface area (Å²) >= 11 is 12.6. The van der Waals surface area contributed by atoms with Gasteiger partial charge in [-0.2, -0.15) is 37.9 Å². The Hall–Kier alpha value is -0.470. The van der Waals surface area contributed by atoms with Gasteiger partial charge in [0.05, 0.1) is 16.4 Å². The van der Waals surface area contributed by atoms with Crippen molar-refractivity contribution in [2.24, 2.45) is 11.3 Å². The van der Waals surface area contributed by atoms with Crippen molar-refractivity contribution in [1.29, 1.82) is 0 Å². The minimum absolute atomic E-state index is 0.0245. The first kappa shape index (κ1) is 20.6. The molecule has 5 nitrogen and oxygen atoms in total. The van der Waals surface area contributed by atoms with Gasteiger partial charge in [0.1, 0.15) is 5.78 Å². The number of likely N-dealkylation sites (tertiary alicyclic amines) is 1. The lowest BCUT2D eigenvalue weighted by atomic mass is 9.86. The lowest BCUT2D eigenvalue weighted by Gasteiger charge is -2.26. The second kappa shape index (κ2) is 7.61. The Morgan fingerprint density at radius 3 is 2.17 bits per heavy atom. The molecule has 130 valence electrons. The highest BCUT2D eigenvalue weighted by Gasteiger charge is 2.46. The van der Waals surface area contributed by atoms with Crippen molar-refractivity contribution in [3.05, 3.63) is 0 Å². The van der Waals surface area contributed by atoms with Crippen LogP contribution in [0.25, 0.3) is 0 Å². The summed E-state index contributed by atoms with van der Waals surface area (Å²) in [7, 11) is 0. The molecule has 0 N–H and O–H groups in total. The molecule has 0 bridgehead atoms. The van der Waals surface area contributed by atoms with Crippen molar-refractivity contribution in [1.82, 2.24) is 4.90 Å². The van der Waals surface area contributed by atoms with Crippen molar-refractivity contribution in [3.8, 4) is 0 Å². The van der Waals surface area contributed by atoms with Gasteiger partial charge in [0, 0.05) is 18.1 Å². The molecule has 0 aromatic heterocycles. The van der Waals surface area contributed by atoms with Crippen molar-refractivity contribution < 1.29 is 19.2 Å². The minimum Gasteiger partial charge on any atom is -0.298 e. The maximum atomic E-state index is 12.3. The number of nitrogens with zero attached hydrogens (tertiary/aromatic N) is 1. The van der Waals surface area contributed by atoms with Gasteiger partial charge in [-0.3, -0.25) is 19.2 Å². The van der Waals surface area contributed by atoms with Crippen molar-refractivity contribution >= 4 is 61.4 Å². The smallest absolute Gasteiger partial charge is 0.248 e. The monoisotopic (exact) mass is 377 g/mol. The molecule has 0 saturated carbocycles. The Labute approximate surface area is 153 Å². The Balaban J connectivity index is 2.81. The number of carbonyl (C=O) groups is 4. The zero-order valence-electron chi connectivity index (χ0n) is 13.6. The van der Waals surface area contributed by atoms with Gasteiger partial charge in [-0.05, 0) is 12.3 Å². The Kier molecular flexibility index (Phi) is 6.81. The summed E-state index contributed by atoms with van der Waals surface area (Å²) in [6.45, 7) is 7.19. The third-order valence-electron chi connectivity index (χ3n) is 3.76. The van der Waals surface area contributed by atoms with Crippen molar-refractivity contribution in [2.45, 2.75) is 56.3 Å². The Bertz CT molecular complexity index is 527. The third kappa shape index (κ3) is 4.76. The third-order valence-corrected chi connectivity index (χ3v) is 5.59. The number of carbonyl (C=O) groups excluding carboxylic acids is 4. The molecule has 8 heteroatoms. The summed E-state index contributed by atoms with van der Waals surface area (Å²) in [5, 5.41) is -1.85. The molecule has 0 aliphatic carbocycles. The lowest BCUT2D eigenvalue weighted by molar-refractivity contribution is -0.149. The highest BCUT2D eigenvalue weighted by molar-refractivity contribution is 7.82. The van der Waals surface area contributed by atoms with Crippen LogP contribution in [-0.4, -0.2) is 44.2 Å². The van der Waals surface area contributed by atoms with Gasteiger partial charge in [0.2, 0.25) is 17.7 Å². The number of amides is 3. The minimum atomic E-state index is -0.772. The summed E-state index contributed by atoms with van der Waals surface area (Å²) in [5.74, 6) is -2.70. The summed E-state index contributed by atoms with van der Waals surface area (Å²) < 4.78 is 0. The number of ketones is 1. The van der Waals surface area contributed by atoms with E-state index in [9.17, 15) is 19.2 Å². The predicted molar refractivity (Wildman–Crippen MR) is 98.0 cm³/mol. The fraction of sp³-hybridized carbons (Fsp3) is 0.733. The van der Waals surface area contributed by atoms with Gasteiger partial charge < -0.3 is 0 Å². The second-order valence-corrected chi connectivity index (χ2v) is 8.85. The molecule has 1 aliphatic heterocycles. The molecule has 3 amide bonds. The van der Waals surface area contributed by atoms with Crippen LogP contribution in [0.3, 0.4) is 0 Å². The number of Topliss-reactive ketones (excluding diaryl/α,β-unsaturated/α-hetero) is 1. The highest BCUT2D eigenvalue weighted by Crippen LogP contribution is 2.32. The first-order valence-corrected chi connectivity index (χ1v) is 8.90. The topological polar surface area (TPSA) is 71.5 Å². The largest absolute Gasteiger partial charge is 0.298 e. The SMILES string of the molecule is CC(S)C(=O)N1C(=O)CC(C(S)CC(=O)C(S)C(C)(C)C)C1=O. The summed E-state index contributed by atoms with van der Waals surface area (Å²) in [4.78, 5) is 49.1. The molecule has 4 atom stereocenters. The summed E-state index contributed by atoms with van der Waals surface area (Å²) in [6.07, 6.45) is -0.0873. The second-order valence-electron chi connectivity index (χ2n) is 6.90. The molecule has 0 spiro atoms. The molecule has 23 heavy (non-hydrogen) atoms. The maximum absolute atomic E-state index is 12.3. The lowest BCUT2D eigenvalue weighted by Crippen LogP contribution is -2.41. The number of imide groups is 3. The quantitative estimate of drug-likeness (QED) is 0.505. The zero-order chi connectivity index (χ0) is 18.1. The van der Waals surface area contributed by atoms with Gasteiger partial charge in [0.15, 0.2) is 0 Å². The van der Waals surface area contributed by atoms with Crippen molar-refractivity contribution in [2.75, 3.05) is 0 Å². The van der Waals surface area contributed by atoms with Gasteiger partial charge in [-0.1, -0.05) is 20.8 Å². The maximum Gasteiger partial charge on any atom is 0.248 e.